The highest BCUT2D eigenvalue weighted by molar-refractivity contribution is 5.45. The lowest BCUT2D eigenvalue weighted by Crippen LogP contribution is -2.16. The number of unbranched alkanes of at least 4 members (excludes halogenated alkanes) is 2. The van der Waals surface area contributed by atoms with E-state index in [9.17, 15) is 0 Å². The van der Waals surface area contributed by atoms with Gasteiger partial charge in [-0.05, 0) is 29.5 Å². The fraction of sp³-hybridized carbons (Fsp3) is 0.600. The maximum atomic E-state index is 3.16. The first-order chi connectivity index (χ1) is 7.60. The summed E-state index contributed by atoms with van der Waals surface area (Å²) in [5, 5.41) is 3.16. The monoisotopic (exact) mass is 219 g/mol. The molecule has 1 nitrogen and oxygen atoms in total. The lowest BCUT2D eigenvalue weighted by atomic mass is 9.80. The van der Waals surface area contributed by atoms with Gasteiger partial charge in [-0.3, -0.25) is 0 Å². The minimum Gasteiger partial charge on any atom is -0.388 e. The van der Waals surface area contributed by atoms with E-state index in [2.05, 4.69) is 50.4 Å². The second kappa shape index (κ2) is 5.93. The first-order valence-corrected chi connectivity index (χ1v) is 6.38. The molecule has 0 atom stereocenters. The molecule has 0 heterocycles. The molecule has 0 radical (unpaired) electrons. The van der Waals surface area contributed by atoms with Gasteiger partial charge in [0.15, 0.2) is 0 Å². The van der Waals surface area contributed by atoms with Crippen molar-refractivity contribution in [2.45, 2.75) is 51.9 Å². The smallest absolute Gasteiger partial charge is 0.0337 e. The molecule has 0 saturated carbocycles. The number of hydrogen-bond donors (Lipinski definition) is 1. The summed E-state index contributed by atoms with van der Waals surface area (Å²) in [7, 11) is 1.96. The van der Waals surface area contributed by atoms with Gasteiger partial charge in [0.2, 0.25) is 0 Å². The van der Waals surface area contributed by atoms with Crippen LogP contribution in [0.15, 0.2) is 24.3 Å². The summed E-state index contributed by atoms with van der Waals surface area (Å²) < 4.78 is 0. The van der Waals surface area contributed by atoms with E-state index in [1.807, 2.05) is 7.05 Å². The van der Waals surface area contributed by atoms with Gasteiger partial charge in [0.1, 0.15) is 0 Å². The molecule has 16 heavy (non-hydrogen) atoms. The molecular weight excluding hydrogens is 194 g/mol. The predicted molar refractivity (Wildman–Crippen MR) is 73.2 cm³/mol. The van der Waals surface area contributed by atoms with Crippen LogP contribution in [-0.4, -0.2) is 7.05 Å². The van der Waals surface area contributed by atoms with Gasteiger partial charge in [-0.1, -0.05) is 52.2 Å². The number of anilines is 1. The zero-order chi connectivity index (χ0) is 12.0. The van der Waals surface area contributed by atoms with Crippen LogP contribution < -0.4 is 5.32 Å². The molecule has 0 aliphatic rings. The average molecular weight is 219 g/mol. The van der Waals surface area contributed by atoms with E-state index in [0.29, 0.717) is 5.41 Å². The van der Waals surface area contributed by atoms with E-state index in [-0.39, 0.29) is 0 Å². The Bertz CT molecular complexity index is 298. The number of rotatable bonds is 6. The van der Waals surface area contributed by atoms with Crippen molar-refractivity contribution >= 4 is 5.69 Å². The number of nitrogens with one attached hydrogen (secondary N) is 1. The Labute approximate surface area is 100 Å². The van der Waals surface area contributed by atoms with Gasteiger partial charge in [0.25, 0.3) is 0 Å². The molecule has 1 aromatic carbocycles. The molecule has 1 aromatic rings. The highest BCUT2D eigenvalue weighted by atomic mass is 14.8. The Morgan fingerprint density at radius 3 is 2.19 bits per heavy atom. The maximum Gasteiger partial charge on any atom is 0.0337 e. The van der Waals surface area contributed by atoms with E-state index in [0.717, 1.165) is 0 Å². The Balaban J connectivity index is 2.65. The molecule has 0 bridgehead atoms. The molecule has 0 aliphatic carbocycles. The molecule has 0 unspecified atom stereocenters. The lowest BCUT2D eigenvalue weighted by Gasteiger charge is -2.25. The van der Waals surface area contributed by atoms with Crippen LogP contribution in [0.5, 0.6) is 0 Å². The van der Waals surface area contributed by atoms with Gasteiger partial charge in [-0.15, -0.1) is 0 Å². The van der Waals surface area contributed by atoms with Crippen molar-refractivity contribution in [1.29, 1.82) is 0 Å². The normalized spacial score (nSPS) is 11.5. The fourth-order valence-corrected chi connectivity index (χ4v) is 2.05. The maximum absolute atomic E-state index is 3.16. The first kappa shape index (κ1) is 13.1. The quantitative estimate of drug-likeness (QED) is 0.690. The standard InChI is InChI=1S/C15H25N/c1-5-6-7-12-15(2,3)13-8-10-14(16-4)11-9-13/h8-11,16H,5-7,12H2,1-4H3. The molecule has 1 N–H and O–H groups in total. The van der Waals surface area contributed by atoms with Crippen molar-refractivity contribution in [3.8, 4) is 0 Å². The van der Waals surface area contributed by atoms with Gasteiger partial charge >= 0.3 is 0 Å². The molecule has 0 aliphatic heterocycles. The van der Waals surface area contributed by atoms with Gasteiger partial charge in [0.05, 0.1) is 0 Å². The fourth-order valence-electron chi connectivity index (χ4n) is 2.05. The zero-order valence-electron chi connectivity index (χ0n) is 11.1. The van der Waals surface area contributed by atoms with E-state index in [1.165, 1.54) is 36.9 Å². The van der Waals surface area contributed by atoms with Crippen LogP contribution in [0.2, 0.25) is 0 Å². The summed E-state index contributed by atoms with van der Waals surface area (Å²) in [6.07, 6.45) is 5.25. The third kappa shape index (κ3) is 3.55. The highest BCUT2D eigenvalue weighted by Crippen LogP contribution is 2.29. The summed E-state index contributed by atoms with van der Waals surface area (Å²) in [6, 6.07) is 8.82. The first-order valence-electron chi connectivity index (χ1n) is 6.38. The van der Waals surface area contributed by atoms with E-state index in [1.54, 1.807) is 0 Å². The Hall–Kier alpha value is -0.980. The van der Waals surface area contributed by atoms with Crippen molar-refractivity contribution in [2.24, 2.45) is 0 Å². The summed E-state index contributed by atoms with van der Waals surface area (Å²) in [6.45, 7) is 6.95. The van der Waals surface area contributed by atoms with Gasteiger partial charge in [0, 0.05) is 12.7 Å². The summed E-state index contributed by atoms with van der Waals surface area (Å²) in [5.41, 5.74) is 2.94. The largest absolute Gasteiger partial charge is 0.388 e. The van der Waals surface area contributed by atoms with Crippen LogP contribution in [0.4, 0.5) is 5.69 Å². The molecule has 0 fully saturated rings. The Morgan fingerprint density at radius 2 is 1.69 bits per heavy atom. The van der Waals surface area contributed by atoms with Crippen molar-refractivity contribution < 1.29 is 0 Å². The number of benzene rings is 1. The minimum atomic E-state index is 0.307. The molecule has 0 aromatic heterocycles. The zero-order valence-corrected chi connectivity index (χ0v) is 11.1. The summed E-state index contributed by atoms with van der Waals surface area (Å²) in [5.74, 6) is 0. The second-order valence-electron chi connectivity index (χ2n) is 5.17. The second-order valence-corrected chi connectivity index (χ2v) is 5.17. The van der Waals surface area contributed by atoms with E-state index >= 15 is 0 Å². The Kier molecular flexibility index (Phi) is 4.85. The van der Waals surface area contributed by atoms with Gasteiger partial charge in [-0.2, -0.15) is 0 Å². The third-order valence-corrected chi connectivity index (χ3v) is 3.36. The van der Waals surface area contributed by atoms with Crippen molar-refractivity contribution in [3.63, 3.8) is 0 Å². The van der Waals surface area contributed by atoms with Crippen LogP contribution in [-0.2, 0) is 5.41 Å². The third-order valence-electron chi connectivity index (χ3n) is 3.36. The van der Waals surface area contributed by atoms with E-state index < -0.39 is 0 Å². The molecule has 90 valence electrons. The van der Waals surface area contributed by atoms with Gasteiger partial charge in [-0.25, -0.2) is 0 Å². The summed E-state index contributed by atoms with van der Waals surface area (Å²) >= 11 is 0. The molecule has 1 heteroatoms. The topological polar surface area (TPSA) is 12.0 Å². The minimum absolute atomic E-state index is 0.307. The summed E-state index contributed by atoms with van der Waals surface area (Å²) in [4.78, 5) is 0. The van der Waals surface area contributed by atoms with Crippen LogP contribution in [0.3, 0.4) is 0 Å². The predicted octanol–water partition coefficient (Wildman–Crippen LogP) is 4.59. The van der Waals surface area contributed by atoms with Crippen molar-refractivity contribution in [2.75, 3.05) is 12.4 Å². The molecule has 1 rings (SSSR count). The molecule has 0 spiro atoms. The van der Waals surface area contributed by atoms with Crippen LogP contribution in [0.25, 0.3) is 0 Å². The highest BCUT2D eigenvalue weighted by Gasteiger charge is 2.19. The van der Waals surface area contributed by atoms with Crippen molar-refractivity contribution in [1.82, 2.24) is 0 Å². The molecular formula is C15H25N. The SMILES string of the molecule is CCCCCC(C)(C)c1ccc(NC)cc1. The van der Waals surface area contributed by atoms with E-state index in [4.69, 9.17) is 0 Å². The van der Waals surface area contributed by atoms with Crippen LogP contribution in [0, 0.1) is 0 Å². The molecule has 0 amide bonds. The van der Waals surface area contributed by atoms with Crippen LogP contribution in [0.1, 0.15) is 52.0 Å². The van der Waals surface area contributed by atoms with Crippen LogP contribution >= 0.6 is 0 Å². The Morgan fingerprint density at radius 1 is 1.06 bits per heavy atom. The number of hydrogen-bond acceptors (Lipinski definition) is 1. The average Bonchev–Trinajstić information content (AvgIpc) is 2.29. The lowest BCUT2D eigenvalue weighted by molar-refractivity contribution is 0.450. The molecule has 0 saturated heterocycles. The van der Waals surface area contributed by atoms with Crippen molar-refractivity contribution in [3.05, 3.63) is 29.8 Å². The van der Waals surface area contributed by atoms with Gasteiger partial charge < -0.3 is 5.32 Å².